The van der Waals surface area contributed by atoms with Gasteiger partial charge in [0.05, 0.1) is 5.75 Å². The summed E-state index contributed by atoms with van der Waals surface area (Å²) in [6.45, 7) is 0. The topological polar surface area (TPSA) is 72.8 Å². The van der Waals surface area contributed by atoms with Crippen molar-refractivity contribution in [2.24, 2.45) is 0 Å². The molecule has 0 amide bonds. The molecule has 0 saturated carbocycles. The van der Waals surface area contributed by atoms with Crippen molar-refractivity contribution < 1.29 is 8.42 Å². The highest BCUT2D eigenvalue weighted by atomic mass is 79.9. The van der Waals surface area contributed by atoms with E-state index >= 15 is 0 Å². The van der Waals surface area contributed by atoms with Gasteiger partial charge in [0.2, 0.25) is 14.2 Å². The van der Waals surface area contributed by atoms with Gasteiger partial charge in [0.25, 0.3) is 0 Å². The Hall–Kier alpha value is -1.64. The van der Waals surface area contributed by atoms with E-state index in [-0.39, 0.29) is 10.1 Å². The van der Waals surface area contributed by atoms with Crippen molar-refractivity contribution in [3.63, 3.8) is 0 Å². The molecule has 0 fully saturated rings. The van der Waals surface area contributed by atoms with Crippen LogP contribution in [0.1, 0.15) is 5.56 Å². The predicted molar refractivity (Wildman–Crippen MR) is 88.2 cm³/mol. The number of pyridine rings is 1. The minimum atomic E-state index is -3.50. The third-order valence-electron chi connectivity index (χ3n) is 2.88. The van der Waals surface area contributed by atoms with E-state index in [1.807, 2.05) is 12.1 Å². The third kappa shape index (κ3) is 3.40. The maximum atomic E-state index is 12.4. The fourth-order valence-electron chi connectivity index (χ4n) is 1.82. The molecule has 1 aromatic carbocycles. The van der Waals surface area contributed by atoms with Gasteiger partial charge in [0.1, 0.15) is 0 Å². The first kappa shape index (κ1) is 15.3. The molecule has 22 heavy (non-hydrogen) atoms. The number of sulfone groups is 1. The van der Waals surface area contributed by atoms with Gasteiger partial charge in [-0.1, -0.05) is 28.1 Å². The summed E-state index contributed by atoms with van der Waals surface area (Å²) in [7, 11) is -3.50. The maximum Gasteiger partial charge on any atom is 0.229 e. The van der Waals surface area contributed by atoms with E-state index in [0.717, 1.165) is 21.6 Å². The van der Waals surface area contributed by atoms with Crippen LogP contribution in [0.25, 0.3) is 11.4 Å². The average Bonchev–Trinajstić information content (AvgIpc) is 3.01. The maximum absolute atomic E-state index is 12.4. The summed E-state index contributed by atoms with van der Waals surface area (Å²) in [6, 6.07) is 10.7. The lowest BCUT2D eigenvalue weighted by molar-refractivity contribution is 0.594. The predicted octanol–water partition coefficient (Wildman–Crippen LogP) is 3.34. The first-order valence-electron chi connectivity index (χ1n) is 6.26. The number of benzene rings is 1. The van der Waals surface area contributed by atoms with E-state index in [2.05, 4.69) is 30.3 Å². The van der Waals surface area contributed by atoms with Crippen molar-refractivity contribution in [3.05, 3.63) is 58.8 Å². The second kappa shape index (κ2) is 6.23. The second-order valence-corrected chi connectivity index (χ2v) is 8.34. The molecule has 0 saturated heterocycles. The van der Waals surface area contributed by atoms with Crippen LogP contribution in [-0.4, -0.2) is 22.8 Å². The molecule has 0 N–H and O–H groups in total. The van der Waals surface area contributed by atoms with Gasteiger partial charge in [-0.2, -0.15) is 4.37 Å². The standard InChI is InChI=1S/C14H10BrN3O2S2/c15-12-3-1-10(2-4-12)9-22(19,20)14-17-13(18-21-14)11-5-7-16-8-6-11/h1-8H,9H2. The van der Waals surface area contributed by atoms with Crippen LogP contribution in [0.4, 0.5) is 0 Å². The third-order valence-corrected chi connectivity index (χ3v) is 6.24. The summed E-state index contributed by atoms with van der Waals surface area (Å²) in [5, 5.41) is 0. The molecule has 0 aliphatic rings. The number of aromatic nitrogens is 3. The molecule has 0 aliphatic heterocycles. The molecule has 0 spiro atoms. The lowest BCUT2D eigenvalue weighted by atomic mass is 10.2. The van der Waals surface area contributed by atoms with Crippen molar-refractivity contribution in [2.45, 2.75) is 10.1 Å². The monoisotopic (exact) mass is 395 g/mol. The van der Waals surface area contributed by atoms with Gasteiger partial charge in [0, 0.05) is 22.4 Å². The Bertz CT molecular complexity index is 878. The lowest BCUT2D eigenvalue weighted by Crippen LogP contribution is -2.04. The highest BCUT2D eigenvalue weighted by Crippen LogP contribution is 2.23. The van der Waals surface area contributed by atoms with Crippen LogP contribution in [0.2, 0.25) is 0 Å². The number of halogens is 1. The zero-order chi connectivity index (χ0) is 15.6. The average molecular weight is 396 g/mol. The summed E-state index contributed by atoms with van der Waals surface area (Å²) >= 11 is 4.22. The van der Waals surface area contributed by atoms with Crippen LogP contribution in [0.5, 0.6) is 0 Å². The minimum Gasteiger partial charge on any atom is -0.265 e. The highest BCUT2D eigenvalue weighted by molar-refractivity contribution is 9.10. The summed E-state index contributed by atoms with van der Waals surface area (Å²) < 4.78 is 29.9. The number of hydrogen-bond donors (Lipinski definition) is 0. The lowest BCUT2D eigenvalue weighted by Gasteiger charge is -2.01. The van der Waals surface area contributed by atoms with E-state index < -0.39 is 9.84 Å². The van der Waals surface area contributed by atoms with Crippen molar-refractivity contribution in [2.75, 3.05) is 0 Å². The largest absolute Gasteiger partial charge is 0.265 e. The van der Waals surface area contributed by atoms with E-state index in [1.54, 1.807) is 36.7 Å². The highest BCUT2D eigenvalue weighted by Gasteiger charge is 2.21. The second-order valence-electron chi connectivity index (χ2n) is 4.51. The molecular formula is C14H10BrN3O2S2. The van der Waals surface area contributed by atoms with Crippen LogP contribution < -0.4 is 0 Å². The molecule has 2 aromatic heterocycles. The SMILES string of the molecule is O=S(=O)(Cc1ccc(Br)cc1)c1nc(-c2ccncc2)ns1. The van der Waals surface area contributed by atoms with Crippen LogP contribution in [0, 0.1) is 0 Å². The molecule has 0 bridgehead atoms. The fourth-order valence-corrected chi connectivity index (χ4v) is 4.24. The first-order chi connectivity index (χ1) is 10.5. The molecule has 5 nitrogen and oxygen atoms in total. The molecule has 0 radical (unpaired) electrons. The first-order valence-corrected chi connectivity index (χ1v) is 9.48. The van der Waals surface area contributed by atoms with Gasteiger partial charge in [-0.05, 0) is 41.4 Å². The van der Waals surface area contributed by atoms with E-state index in [4.69, 9.17) is 0 Å². The van der Waals surface area contributed by atoms with Gasteiger partial charge >= 0.3 is 0 Å². The zero-order valence-corrected chi connectivity index (χ0v) is 14.4. The Balaban J connectivity index is 1.87. The molecule has 2 heterocycles. The summed E-state index contributed by atoms with van der Waals surface area (Å²) in [5.74, 6) is 0.312. The Morgan fingerprint density at radius 1 is 1.05 bits per heavy atom. The van der Waals surface area contributed by atoms with Crippen molar-refractivity contribution in [1.29, 1.82) is 0 Å². The van der Waals surface area contributed by atoms with Gasteiger partial charge in [-0.3, -0.25) is 4.98 Å². The van der Waals surface area contributed by atoms with E-state index in [0.29, 0.717) is 11.4 Å². The molecule has 0 aliphatic carbocycles. The van der Waals surface area contributed by atoms with Crippen LogP contribution >= 0.6 is 27.5 Å². The number of nitrogens with zero attached hydrogens (tertiary/aromatic N) is 3. The number of hydrogen-bond acceptors (Lipinski definition) is 6. The normalized spacial score (nSPS) is 11.5. The van der Waals surface area contributed by atoms with Crippen LogP contribution in [0.15, 0.2) is 57.6 Å². The molecule has 112 valence electrons. The van der Waals surface area contributed by atoms with Crippen molar-refractivity contribution in [1.82, 2.24) is 14.3 Å². The molecule has 8 heteroatoms. The minimum absolute atomic E-state index is 0.0298. The van der Waals surface area contributed by atoms with Crippen molar-refractivity contribution >= 4 is 37.3 Å². The smallest absolute Gasteiger partial charge is 0.229 e. The molecule has 0 atom stereocenters. The van der Waals surface area contributed by atoms with Crippen molar-refractivity contribution in [3.8, 4) is 11.4 Å². The summed E-state index contributed by atoms with van der Waals surface area (Å²) in [5.41, 5.74) is 1.46. The van der Waals surface area contributed by atoms with Gasteiger partial charge < -0.3 is 0 Å². The fraction of sp³-hybridized carbons (Fsp3) is 0.0714. The van der Waals surface area contributed by atoms with E-state index in [1.165, 1.54) is 0 Å². The van der Waals surface area contributed by atoms with Gasteiger partial charge in [-0.25, -0.2) is 13.4 Å². The van der Waals surface area contributed by atoms with Gasteiger partial charge in [0.15, 0.2) is 5.82 Å². The quantitative estimate of drug-likeness (QED) is 0.677. The molecule has 3 rings (SSSR count). The Kier molecular flexibility index (Phi) is 4.32. The summed E-state index contributed by atoms with van der Waals surface area (Å²) in [6.07, 6.45) is 3.23. The van der Waals surface area contributed by atoms with Crippen LogP contribution in [0.3, 0.4) is 0 Å². The van der Waals surface area contributed by atoms with E-state index in [9.17, 15) is 8.42 Å². The molecule has 0 unspecified atom stereocenters. The summed E-state index contributed by atoms with van der Waals surface area (Å²) in [4.78, 5) is 8.06. The number of rotatable bonds is 4. The van der Waals surface area contributed by atoms with Gasteiger partial charge in [-0.15, -0.1) is 0 Å². The molecular weight excluding hydrogens is 386 g/mol. The molecule has 3 aromatic rings. The Morgan fingerprint density at radius 3 is 2.41 bits per heavy atom. The Morgan fingerprint density at radius 2 is 1.73 bits per heavy atom. The zero-order valence-electron chi connectivity index (χ0n) is 11.2. The Labute approximate surface area is 140 Å². The van der Waals surface area contributed by atoms with Crippen LogP contribution in [-0.2, 0) is 15.6 Å².